The number of ether oxygens (including phenoxy) is 1. The number of carbonyl (C=O) groups excluding carboxylic acids is 1. The number of halogens is 3. The van der Waals surface area contributed by atoms with Crippen LogP contribution in [0.25, 0.3) is 0 Å². The number of rotatable bonds is 13. The summed E-state index contributed by atoms with van der Waals surface area (Å²) in [6, 6.07) is 12.2. The number of nitro benzene ring substituents is 1. The number of aliphatic carboxylic acids is 1. The lowest BCUT2D eigenvalue weighted by Gasteiger charge is -2.39. The van der Waals surface area contributed by atoms with Crippen LogP contribution in [0.4, 0.5) is 14.9 Å². The van der Waals surface area contributed by atoms with Crippen molar-refractivity contribution in [1.29, 1.82) is 0 Å². The van der Waals surface area contributed by atoms with E-state index in [4.69, 9.17) is 4.74 Å². The number of carbonyl (C=O) groups is 2. The molecule has 2 aromatic carbocycles. The molecular formula is C34H47Cl2FN4O6. The largest absolute Gasteiger partial charge is 0.480 e. The Morgan fingerprint density at radius 3 is 2.34 bits per heavy atom. The second kappa shape index (κ2) is 18.3. The van der Waals surface area contributed by atoms with Crippen molar-refractivity contribution in [3.63, 3.8) is 0 Å². The molecule has 4 rings (SSSR count). The van der Waals surface area contributed by atoms with Gasteiger partial charge in [-0.3, -0.25) is 19.8 Å². The lowest BCUT2D eigenvalue weighted by atomic mass is 9.88. The van der Waals surface area contributed by atoms with Gasteiger partial charge in [0.2, 0.25) is 0 Å². The molecule has 2 aliphatic rings. The van der Waals surface area contributed by atoms with Crippen LogP contribution in [0.3, 0.4) is 0 Å². The summed E-state index contributed by atoms with van der Waals surface area (Å²) >= 11 is 0. The van der Waals surface area contributed by atoms with E-state index in [1.807, 2.05) is 31.9 Å². The number of piperidine rings is 1. The summed E-state index contributed by atoms with van der Waals surface area (Å²) in [4.78, 5) is 41.7. The molecule has 1 amide bonds. The van der Waals surface area contributed by atoms with Gasteiger partial charge in [0.25, 0.3) is 5.69 Å². The molecule has 0 spiro atoms. The normalized spacial score (nSPS) is 20.6. The number of benzene rings is 2. The lowest BCUT2D eigenvalue weighted by molar-refractivity contribution is -0.384. The number of carboxylic acid groups (broad SMARTS) is 1. The van der Waals surface area contributed by atoms with Crippen LogP contribution in [0.15, 0.2) is 61.2 Å². The van der Waals surface area contributed by atoms with Gasteiger partial charge in [0.1, 0.15) is 18.5 Å². The quantitative estimate of drug-likeness (QED) is 0.139. The fraction of sp³-hybridized carbons (Fsp3) is 0.529. The molecule has 1 heterocycles. The van der Waals surface area contributed by atoms with Gasteiger partial charge >= 0.3 is 12.1 Å². The predicted octanol–water partition coefficient (Wildman–Crippen LogP) is 6.77. The van der Waals surface area contributed by atoms with Crippen molar-refractivity contribution in [3.05, 3.63) is 88.2 Å². The summed E-state index contributed by atoms with van der Waals surface area (Å²) in [5, 5.41) is 20.8. The maximum Gasteiger partial charge on any atom is 0.410 e. The predicted molar refractivity (Wildman–Crippen MR) is 184 cm³/mol. The van der Waals surface area contributed by atoms with Crippen molar-refractivity contribution in [1.82, 2.24) is 14.7 Å². The average molecular weight is 698 g/mol. The molecule has 2 aromatic rings. The van der Waals surface area contributed by atoms with E-state index in [0.29, 0.717) is 12.1 Å². The lowest BCUT2D eigenvalue weighted by Crippen LogP contribution is -2.48. The summed E-state index contributed by atoms with van der Waals surface area (Å²) < 4.78 is 19.8. The summed E-state index contributed by atoms with van der Waals surface area (Å²) in [7, 11) is 1.90. The van der Waals surface area contributed by atoms with Gasteiger partial charge in [0, 0.05) is 50.4 Å². The SMILES string of the molecule is C=CCN(C(=O)OCc1ccc([N+](=O)[O-])cc1)C1CCN(CC2CC(N(C)[C@@H](C(=O)O)C(C)C)CC2c2cccc(F)c2)CC1.Cl.Cl. The van der Waals surface area contributed by atoms with E-state index in [2.05, 4.69) is 11.5 Å². The third-order valence-electron chi connectivity index (χ3n) is 9.41. The summed E-state index contributed by atoms with van der Waals surface area (Å²) in [6.45, 7) is 10.4. The summed E-state index contributed by atoms with van der Waals surface area (Å²) in [5.41, 5.74) is 1.60. The molecule has 47 heavy (non-hydrogen) atoms. The zero-order valence-electron chi connectivity index (χ0n) is 27.2. The Hall–Kier alpha value is -3.25. The highest BCUT2D eigenvalue weighted by Crippen LogP contribution is 2.43. The van der Waals surface area contributed by atoms with Crippen LogP contribution in [0.1, 0.15) is 56.6 Å². The number of likely N-dealkylation sites (N-methyl/N-ethyl adjacent to an activating group) is 1. The van der Waals surface area contributed by atoms with Crippen molar-refractivity contribution in [2.75, 3.05) is 33.2 Å². The summed E-state index contributed by atoms with van der Waals surface area (Å²) in [5.74, 6) is -0.794. The minimum Gasteiger partial charge on any atom is -0.480 e. The zero-order valence-corrected chi connectivity index (χ0v) is 28.8. The molecule has 13 heteroatoms. The monoisotopic (exact) mass is 696 g/mol. The number of carboxylic acids is 1. The Bertz CT molecular complexity index is 1340. The highest BCUT2D eigenvalue weighted by atomic mass is 35.5. The van der Waals surface area contributed by atoms with Crippen LogP contribution >= 0.6 is 24.8 Å². The van der Waals surface area contributed by atoms with Crippen molar-refractivity contribution >= 4 is 42.6 Å². The smallest absolute Gasteiger partial charge is 0.410 e. The van der Waals surface area contributed by atoms with E-state index in [1.165, 1.54) is 18.2 Å². The maximum atomic E-state index is 14.3. The van der Waals surface area contributed by atoms with Crippen LogP contribution in [0.5, 0.6) is 0 Å². The average Bonchev–Trinajstić information content (AvgIpc) is 3.43. The molecule has 4 atom stereocenters. The van der Waals surface area contributed by atoms with Gasteiger partial charge in [-0.1, -0.05) is 32.1 Å². The van der Waals surface area contributed by atoms with Crippen molar-refractivity contribution in [2.45, 2.75) is 70.2 Å². The van der Waals surface area contributed by atoms with Gasteiger partial charge in [0.15, 0.2) is 0 Å². The molecule has 1 aliphatic heterocycles. The third kappa shape index (κ3) is 10.4. The Morgan fingerprint density at radius 1 is 1.13 bits per heavy atom. The second-order valence-electron chi connectivity index (χ2n) is 12.7. The van der Waals surface area contributed by atoms with Crippen LogP contribution in [0.2, 0.25) is 0 Å². The van der Waals surface area contributed by atoms with Gasteiger partial charge in [-0.15, -0.1) is 31.4 Å². The Morgan fingerprint density at radius 2 is 1.79 bits per heavy atom. The molecule has 3 unspecified atom stereocenters. The third-order valence-corrected chi connectivity index (χ3v) is 9.41. The molecule has 0 radical (unpaired) electrons. The molecule has 0 bridgehead atoms. The van der Waals surface area contributed by atoms with Gasteiger partial charge in [0.05, 0.1) is 4.92 Å². The number of amides is 1. The van der Waals surface area contributed by atoms with Crippen LogP contribution in [-0.4, -0.2) is 88.1 Å². The van der Waals surface area contributed by atoms with E-state index in [1.54, 1.807) is 35.2 Å². The van der Waals surface area contributed by atoms with E-state index in [9.17, 15) is 29.2 Å². The topological polar surface area (TPSA) is 116 Å². The number of nitrogens with zero attached hydrogens (tertiary/aromatic N) is 4. The standard InChI is InChI=1S/C34H45FN4O6.2ClH/c1-5-15-38(34(42)45-22-24-9-11-29(12-10-24)39(43)44)28-13-16-37(17-14-28)21-26-19-30(36(4)32(23(2)3)33(40)41)20-31(26)25-7-6-8-27(35)18-25;;/h5-12,18,23,26,28,30-32H,1,13-17,19-22H2,2-4H3,(H,40,41);2*1H/t26?,30?,31?,32-;;/m1../s1. The van der Waals surface area contributed by atoms with Crippen molar-refractivity contribution in [2.24, 2.45) is 11.8 Å². The molecular weight excluding hydrogens is 650 g/mol. The van der Waals surface area contributed by atoms with Gasteiger partial charge in [-0.2, -0.15) is 0 Å². The second-order valence-corrected chi connectivity index (χ2v) is 12.7. The highest BCUT2D eigenvalue weighted by Gasteiger charge is 2.42. The summed E-state index contributed by atoms with van der Waals surface area (Å²) in [6.07, 6.45) is 4.35. The molecule has 1 aliphatic carbocycles. The molecule has 2 fully saturated rings. The fourth-order valence-corrected chi connectivity index (χ4v) is 7.13. The molecule has 0 aromatic heterocycles. The minimum absolute atomic E-state index is 0. The Balaban J connectivity index is 0.00000384. The van der Waals surface area contributed by atoms with Gasteiger partial charge < -0.3 is 19.6 Å². The van der Waals surface area contributed by atoms with Gasteiger partial charge in [-0.25, -0.2) is 9.18 Å². The number of non-ortho nitro benzene ring substituents is 1. The van der Waals surface area contributed by atoms with Crippen molar-refractivity contribution in [3.8, 4) is 0 Å². The molecule has 10 nitrogen and oxygen atoms in total. The first kappa shape index (κ1) is 39.9. The first-order chi connectivity index (χ1) is 21.5. The molecule has 260 valence electrons. The molecule has 1 N–H and O–H groups in total. The van der Waals surface area contributed by atoms with E-state index in [-0.39, 0.29) is 72.8 Å². The van der Waals surface area contributed by atoms with Crippen LogP contribution in [0, 0.1) is 27.8 Å². The molecule has 1 saturated heterocycles. The molecule has 1 saturated carbocycles. The van der Waals surface area contributed by atoms with Crippen LogP contribution in [-0.2, 0) is 16.1 Å². The Kier molecular flexibility index (Phi) is 15.6. The van der Waals surface area contributed by atoms with Crippen LogP contribution < -0.4 is 0 Å². The minimum atomic E-state index is -0.823. The number of likely N-dealkylation sites (tertiary alicyclic amines) is 1. The highest BCUT2D eigenvalue weighted by molar-refractivity contribution is 5.85. The zero-order chi connectivity index (χ0) is 32.7. The first-order valence-corrected chi connectivity index (χ1v) is 15.7. The van der Waals surface area contributed by atoms with E-state index in [0.717, 1.165) is 50.9 Å². The number of hydrogen-bond donors (Lipinski definition) is 1. The number of hydrogen-bond acceptors (Lipinski definition) is 7. The van der Waals surface area contributed by atoms with Crippen molar-refractivity contribution < 1.29 is 28.7 Å². The maximum absolute atomic E-state index is 14.3. The van der Waals surface area contributed by atoms with E-state index >= 15 is 0 Å². The number of nitro groups is 1. The van der Waals surface area contributed by atoms with Gasteiger partial charge in [-0.05, 0) is 85.9 Å². The fourth-order valence-electron chi connectivity index (χ4n) is 7.13. The Labute approximate surface area is 288 Å². The van der Waals surface area contributed by atoms with E-state index < -0.39 is 23.0 Å². The first-order valence-electron chi connectivity index (χ1n) is 15.7.